The number of aliphatic hydroxyl groups excluding tert-OH is 1. The predicted octanol–water partition coefficient (Wildman–Crippen LogP) is 3.49. The van der Waals surface area contributed by atoms with Crippen molar-refractivity contribution in [3.8, 4) is 5.75 Å². The standard InChI is InChI=1S/C16H23F2NO2/c1-11(19-10-12-3-2-4-14(20)9-12)13-5-7-15(8-6-13)21-16(17)18/h5-8,11-12,14,16,19-20H,2-4,9-10H2,1H3. The molecule has 1 aliphatic carbocycles. The molecule has 2 rings (SSSR count). The fourth-order valence-electron chi connectivity index (χ4n) is 2.85. The fraction of sp³-hybridized carbons (Fsp3) is 0.625. The summed E-state index contributed by atoms with van der Waals surface area (Å²) in [6.07, 6.45) is 3.85. The minimum absolute atomic E-state index is 0.143. The molecular weight excluding hydrogens is 276 g/mol. The van der Waals surface area contributed by atoms with Crippen molar-refractivity contribution in [3.05, 3.63) is 29.8 Å². The molecule has 0 aliphatic heterocycles. The Morgan fingerprint density at radius 1 is 1.29 bits per heavy atom. The van der Waals surface area contributed by atoms with Crippen LogP contribution >= 0.6 is 0 Å². The normalized spacial score (nSPS) is 24.0. The van der Waals surface area contributed by atoms with E-state index in [1.54, 1.807) is 24.3 Å². The predicted molar refractivity (Wildman–Crippen MR) is 77.5 cm³/mol. The first-order valence-corrected chi connectivity index (χ1v) is 7.51. The van der Waals surface area contributed by atoms with E-state index >= 15 is 0 Å². The third-order valence-corrected chi connectivity index (χ3v) is 4.07. The molecule has 0 amide bonds. The summed E-state index contributed by atoms with van der Waals surface area (Å²) in [5.74, 6) is 0.689. The van der Waals surface area contributed by atoms with Crippen molar-refractivity contribution in [2.75, 3.05) is 6.54 Å². The quantitative estimate of drug-likeness (QED) is 0.845. The van der Waals surface area contributed by atoms with Crippen LogP contribution < -0.4 is 10.1 Å². The zero-order chi connectivity index (χ0) is 15.2. The van der Waals surface area contributed by atoms with E-state index in [0.717, 1.165) is 37.8 Å². The highest BCUT2D eigenvalue weighted by atomic mass is 19.3. The Labute approximate surface area is 124 Å². The van der Waals surface area contributed by atoms with Gasteiger partial charge in [-0.1, -0.05) is 18.6 Å². The van der Waals surface area contributed by atoms with E-state index in [0.29, 0.717) is 5.92 Å². The van der Waals surface area contributed by atoms with Crippen LogP contribution in [0.1, 0.15) is 44.2 Å². The van der Waals surface area contributed by atoms with Crippen molar-refractivity contribution >= 4 is 0 Å². The van der Waals surface area contributed by atoms with Crippen LogP contribution in [0.4, 0.5) is 8.78 Å². The number of ether oxygens (including phenoxy) is 1. The van der Waals surface area contributed by atoms with E-state index in [1.807, 2.05) is 6.92 Å². The summed E-state index contributed by atoms with van der Waals surface area (Å²) < 4.78 is 28.5. The van der Waals surface area contributed by atoms with Gasteiger partial charge in [0.2, 0.25) is 0 Å². The zero-order valence-corrected chi connectivity index (χ0v) is 12.3. The number of hydrogen-bond acceptors (Lipinski definition) is 3. The third kappa shape index (κ3) is 5.25. The Morgan fingerprint density at radius 3 is 2.62 bits per heavy atom. The molecule has 1 aromatic rings. The van der Waals surface area contributed by atoms with Gasteiger partial charge in [0, 0.05) is 6.04 Å². The van der Waals surface area contributed by atoms with E-state index in [2.05, 4.69) is 10.1 Å². The summed E-state index contributed by atoms with van der Waals surface area (Å²) in [5, 5.41) is 13.1. The lowest BCUT2D eigenvalue weighted by molar-refractivity contribution is -0.0498. The average molecular weight is 299 g/mol. The molecule has 3 nitrogen and oxygen atoms in total. The van der Waals surface area contributed by atoms with Gasteiger partial charge in [-0.25, -0.2) is 0 Å². The smallest absolute Gasteiger partial charge is 0.387 e. The van der Waals surface area contributed by atoms with Gasteiger partial charge in [0.15, 0.2) is 0 Å². The first-order chi connectivity index (χ1) is 10.0. The molecule has 0 spiro atoms. The number of alkyl halides is 2. The average Bonchev–Trinajstić information content (AvgIpc) is 2.45. The second-order valence-electron chi connectivity index (χ2n) is 5.76. The molecule has 3 unspecified atom stereocenters. The Balaban J connectivity index is 1.81. The number of benzene rings is 1. The van der Waals surface area contributed by atoms with E-state index < -0.39 is 6.61 Å². The largest absolute Gasteiger partial charge is 0.435 e. The van der Waals surface area contributed by atoms with Crippen molar-refractivity contribution in [1.29, 1.82) is 0 Å². The monoisotopic (exact) mass is 299 g/mol. The van der Waals surface area contributed by atoms with Crippen molar-refractivity contribution < 1.29 is 18.6 Å². The molecule has 0 bridgehead atoms. The molecule has 0 aromatic heterocycles. The van der Waals surface area contributed by atoms with E-state index in [1.165, 1.54) is 0 Å². The highest BCUT2D eigenvalue weighted by Gasteiger charge is 2.20. The summed E-state index contributed by atoms with van der Waals surface area (Å²) >= 11 is 0. The molecule has 5 heteroatoms. The number of rotatable bonds is 6. The molecule has 1 fully saturated rings. The SMILES string of the molecule is CC(NCC1CCCC(O)C1)c1ccc(OC(F)F)cc1. The van der Waals surface area contributed by atoms with Crippen LogP contribution in [-0.2, 0) is 0 Å². The van der Waals surface area contributed by atoms with Crippen molar-refractivity contribution in [2.24, 2.45) is 5.92 Å². The van der Waals surface area contributed by atoms with Gasteiger partial charge in [-0.2, -0.15) is 8.78 Å². The van der Waals surface area contributed by atoms with Crippen LogP contribution in [0, 0.1) is 5.92 Å². The van der Waals surface area contributed by atoms with Crippen molar-refractivity contribution in [3.63, 3.8) is 0 Å². The third-order valence-electron chi connectivity index (χ3n) is 4.07. The van der Waals surface area contributed by atoms with Crippen molar-refractivity contribution in [2.45, 2.75) is 51.4 Å². The van der Waals surface area contributed by atoms with E-state index in [-0.39, 0.29) is 17.9 Å². The van der Waals surface area contributed by atoms with Gasteiger partial charge in [0.05, 0.1) is 6.10 Å². The van der Waals surface area contributed by atoms with Crippen LogP contribution in [0.5, 0.6) is 5.75 Å². The molecular formula is C16H23F2NO2. The van der Waals surface area contributed by atoms with Crippen molar-refractivity contribution in [1.82, 2.24) is 5.32 Å². The van der Waals surface area contributed by atoms with Gasteiger partial charge in [0.1, 0.15) is 5.75 Å². The number of aliphatic hydroxyl groups is 1. The molecule has 0 heterocycles. The van der Waals surface area contributed by atoms with Crippen LogP contribution in [0.15, 0.2) is 24.3 Å². The Morgan fingerprint density at radius 2 is 2.00 bits per heavy atom. The highest BCUT2D eigenvalue weighted by Crippen LogP contribution is 2.25. The van der Waals surface area contributed by atoms with Gasteiger partial charge < -0.3 is 15.2 Å². The van der Waals surface area contributed by atoms with Gasteiger partial charge in [0.25, 0.3) is 0 Å². The first-order valence-electron chi connectivity index (χ1n) is 7.51. The maximum Gasteiger partial charge on any atom is 0.387 e. The highest BCUT2D eigenvalue weighted by molar-refractivity contribution is 5.28. The summed E-state index contributed by atoms with van der Waals surface area (Å²) in [7, 11) is 0. The molecule has 21 heavy (non-hydrogen) atoms. The zero-order valence-electron chi connectivity index (χ0n) is 12.3. The summed E-state index contributed by atoms with van der Waals surface area (Å²) in [6.45, 7) is 0.125. The van der Waals surface area contributed by atoms with Crippen LogP contribution in [-0.4, -0.2) is 24.4 Å². The van der Waals surface area contributed by atoms with Gasteiger partial charge in [-0.15, -0.1) is 0 Å². The first kappa shape index (κ1) is 16.2. The van der Waals surface area contributed by atoms with Crippen LogP contribution in [0.3, 0.4) is 0 Å². The lowest BCUT2D eigenvalue weighted by atomic mass is 9.87. The number of halogens is 2. The molecule has 1 aliphatic rings. The Bertz CT molecular complexity index is 425. The van der Waals surface area contributed by atoms with Gasteiger partial charge in [-0.05, 0) is 56.3 Å². The lowest BCUT2D eigenvalue weighted by Gasteiger charge is -2.27. The van der Waals surface area contributed by atoms with Crippen LogP contribution in [0.25, 0.3) is 0 Å². The maximum absolute atomic E-state index is 12.1. The minimum atomic E-state index is -2.79. The number of nitrogens with one attached hydrogen (secondary N) is 1. The molecule has 0 radical (unpaired) electrons. The number of hydrogen-bond donors (Lipinski definition) is 2. The Kier molecular flexibility index (Phi) is 5.94. The summed E-state index contributed by atoms with van der Waals surface area (Å²) in [6, 6.07) is 6.86. The summed E-state index contributed by atoms with van der Waals surface area (Å²) in [4.78, 5) is 0. The topological polar surface area (TPSA) is 41.5 Å². The maximum atomic E-state index is 12.1. The lowest BCUT2D eigenvalue weighted by Crippen LogP contribution is -2.30. The van der Waals surface area contributed by atoms with E-state index in [9.17, 15) is 13.9 Å². The molecule has 0 saturated heterocycles. The second kappa shape index (κ2) is 7.71. The molecule has 3 atom stereocenters. The summed E-state index contributed by atoms with van der Waals surface area (Å²) in [5.41, 5.74) is 1.04. The molecule has 118 valence electrons. The molecule has 1 aromatic carbocycles. The molecule has 1 saturated carbocycles. The van der Waals surface area contributed by atoms with Crippen LogP contribution in [0.2, 0.25) is 0 Å². The molecule has 2 N–H and O–H groups in total. The Hall–Kier alpha value is -1.20. The fourth-order valence-corrected chi connectivity index (χ4v) is 2.85. The second-order valence-corrected chi connectivity index (χ2v) is 5.76. The minimum Gasteiger partial charge on any atom is -0.435 e. The van der Waals surface area contributed by atoms with E-state index in [4.69, 9.17) is 0 Å². The van der Waals surface area contributed by atoms with Gasteiger partial charge >= 0.3 is 6.61 Å². The van der Waals surface area contributed by atoms with Gasteiger partial charge in [-0.3, -0.25) is 0 Å².